The number of benzene rings is 1. The number of carbonyl (C=O) groups excluding carboxylic acids is 1. The SMILES string of the molecule is CCC(NC(=O)c1cc(-c2cn(CC)nc2C)nc2ccccc12)C12CC3CC(CC(C3)C1)C2. The molecule has 1 aromatic carbocycles. The maximum absolute atomic E-state index is 13.9. The number of pyridine rings is 1. The number of hydrogen-bond donors (Lipinski definition) is 1. The van der Waals surface area contributed by atoms with E-state index in [4.69, 9.17) is 4.98 Å². The summed E-state index contributed by atoms with van der Waals surface area (Å²) in [4.78, 5) is 18.8. The lowest BCUT2D eigenvalue weighted by molar-refractivity contribution is -0.0727. The molecule has 0 spiro atoms. The Kier molecular flexibility index (Phi) is 5.27. The van der Waals surface area contributed by atoms with Crippen molar-refractivity contribution in [3.05, 3.63) is 47.8 Å². The molecule has 4 aliphatic carbocycles. The van der Waals surface area contributed by atoms with E-state index in [1.807, 2.05) is 48.1 Å². The van der Waals surface area contributed by atoms with E-state index < -0.39 is 0 Å². The molecule has 34 heavy (non-hydrogen) atoms. The first kappa shape index (κ1) is 21.8. The fourth-order valence-corrected chi connectivity index (χ4v) is 7.96. The average molecular weight is 457 g/mol. The minimum atomic E-state index is 0.0444. The third-order valence-corrected chi connectivity index (χ3v) is 9.05. The summed E-state index contributed by atoms with van der Waals surface area (Å²) in [6.45, 7) is 7.16. The number of nitrogens with zero attached hydrogens (tertiary/aromatic N) is 3. The van der Waals surface area contributed by atoms with Crippen LogP contribution in [0.15, 0.2) is 36.5 Å². The summed E-state index contributed by atoms with van der Waals surface area (Å²) in [5, 5.41) is 9.08. The summed E-state index contributed by atoms with van der Waals surface area (Å²) in [5.74, 6) is 2.68. The Hall–Kier alpha value is -2.69. The van der Waals surface area contributed by atoms with Crippen LogP contribution in [0.25, 0.3) is 22.2 Å². The van der Waals surface area contributed by atoms with Crippen LogP contribution in [0.1, 0.15) is 74.8 Å². The predicted octanol–water partition coefficient (Wildman–Crippen LogP) is 6.15. The molecular weight excluding hydrogens is 420 g/mol. The standard InChI is InChI=1S/C29H36N4O/c1-4-27(29-14-19-10-20(15-29)12-21(11-19)16-29)31-28(34)23-13-26(24-17-33(5-2)32-18(24)3)30-25-9-7-6-8-22(23)25/h6-9,13,17,19-21,27H,4-5,10-12,14-16H2,1-3H3,(H,31,34). The van der Waals surface area contributed by atoms with E-state index in [1.54, 1.807) is 0 Å². The van der Waals surface area contributed by atoms with Crippen LogP contribution >= 0.6 is 0 Å². The molecule has 0 radical (unpaired) electrons. The van der Waals surface area contributed by atoms with Crippen molar-refractivity contribution in [1.29, 1.82) is 0 Å². The fourth-order valence-electron chi connectivity index (χ4n) is 7.96. The minimum Gasteiger partial charge on any atom is -0.349 e. The lowest BCUT2D eigenvalue weighted by atomic mass is 9.47. The van der Waals surface area contributed by atoms with Gasteiger partial charge in [0.2, 0.25) is 0 Å². The Balaban J connectivity index is 1.36. The molecule has 1 unspecified atom stereocenters. The van der Waals surface area contributed by atoms with Crippen LogP contribution in [0.2, 0.25) is 0 Å². The maximum atomic E-state index is 13.9. The highest BCUT2D eigenvalue weighted by atomic mass is 16.1. The molecule has 178 valence electrons. The van der Waals surface area contributed by atoms with Crippen LogP contribution < -0.4 is 5.32 Å². The summed E-state index contributed by atoms with van der Waals surface area (Å²) in [7, 11) is 0. The number of amides is 1. The van der Waals surface area contributed by atoms with Crippen LogP contribution in [0.5, 0.6) is 0 Å². The van der Waals surface area contributed by atoms with Crippen molar-refractivity contribution in [2.24, 2.45) is 23.2 Å². The molecule has 4 saturated carbocycles. The van der Waals surface area contributed by atoms with E-state index in [2.05, 4.69) is 24.3 Å². The first-order valence-corrected chi connectivity index (χ1v) is 13.2. The van der Waals surface area contributed by atoms with E-state index in [1.165, 1.54) is 38.5 Å². The van der Waals surface area contributed by atoms with Crippen LogP contribution in [0.4, 0.5) is 0 Å². The van der Waals surface area contributed by atoms with E-state index >= 15 is 0 Å². The quantitative estimate of drug-likeness (QED) is 0.484. The van der Waals surface area contributed by atoms with Gasteiger partial charge in [0.05, 0.1) is 22.5 Å². The molecule has 2 aromatic heterocycles. The van der Waals surface area contributed by atoms with Gasteiger partial charge >= 0.3 is 0 Å². The summed E-state index contributed by atoms with van der Waals surface area (Å²) >= 11 is 0. The predicted molar refractivity (Wildman–Crippen MR) is 136 cm³/mol. The lowest BCUT2D eigenvalue weighted by Gasteiger charge is -2.59. The average Bonchev–Trinajstić information content (AvgIpc) is 3.21. The molecule has 1 amide bonds. The number of nitrogens with one attached hydrogen (secondary N) is 1. The summed E-state index contributed by atoms with van der Waals surface area (Å²) in [6.07, 6.45) is 11.2. The summed E-state index contributed by atoms with van der Waals surface area (Å²) in [5.41, 5.74) is 4.64. The van der Waals surface area contributed by atoms with Crippen molar-refractivity contribution in [3.8, 4) is 11.3 Å². The largest absolute Gasteiger partial charge is 0.349 e. The molecule has 3 aromatic rings. The van der Waals surface area contributed by atoms with Crippen molar-refractivity contribution in [2.45, 2.75) is 78.3 Å². The number of rotatable bonds is 6. The number of hydrogen-bond acceptors (Lipinski definition) is 3. The maximum Gasteiger partial charge on any atom is 0.252 e. The van der Waals surface area contributed by atoms with Gasteiger partial charge in [0.15, 0.2) is 0 Å². The van der Waals surface area contributed by atoms with Gasteiger partial charge in [-0.05, 0) is 94.1 Å². The summed E-state index contributed by atoms with van der Waals surface area (Å²) in [6, 6.07) is 10.2. The number of aryl methyl sites for hydroxylation is 2. The van der Waals surface area contributed by atoms with Crippen molar-refractivity contribution < 1.29 is 4.79 Å². The van der Waals surface area contributed by atoms with Crippen molar-refractivity contribution in [1.82, 2.24) is 20.1 Å². The molecule has 5 heteroatoms. The van der Waals surface area contributed by atoms with E-state index in [-0.39, 0.29) is 11.9 Å². The molecule has 1 atom stereocenters. The second kappa shape index (κ2) is 8.21. The molecule has 2 heterocycles. The third kappa shape index (κ3) is 3.55. The second-order valence-corrected chi connectivity index (χ2v) is 11.3. The van der Waals surface area contributed by atoms with Crippen molar-refractivity contribution >= 4 is 16.8 Å². The van der Waals surface area contributed by atoms with Gasteiger partial charge in [0.25, 0.3) is 5.91 Å². The normalized spacial score (nSPS) is 28.4. The molecule has 5 nitrogen and oxygen atoms in total. The monoisotopic (exact) mass is 456 g/mol. The van der Waals surface area contributed by atoms with Crippen LogP contribution in [-0.2, 0) is 6.54 Å². The zero-order chi connectivity index (χ0) is 23.4. The fraction of sp³-hybridized carbons (Fsp3) is 0.552. The van der Waals surface area contributed by atoms with Gasteiger partial charge in [0, 0.05) is 29.7 Å². The van der Waals surface area contributed by atoms with Crippen LogP contribution in [0.3, 0.4) is 0 Å². The third-order valence-electron chi connectivity index (χ3n) is 9.05. The van der Waals surface area contributed by atoms with Gasteiger partial charge in [0.1, 0.15) is 0 Å². The van der Waals surface area contributed by atoms with Gasteiger partial charge in [-0.1, -0.05) is 25.1 Å². The Morgan fingerprint density at radius 1 is 1.12 bits per heavy atom. The highest BCUT2D eigenvalue weighted by molar-refractivity contribution is 6.07. The zero-order valence-corrected chi connectivity index (χ0v) is 20.7. The smallest absolute Gasteiger partial charge is 0.252 e. The van der Waals surface area contributed by atoms with Gasteiger partial charge < -0.3 is 5.32 Å². The van der Waals surface area contributed by atoms with Gasteiger partial charge in [-0.25, -0.2) is 4.98 Å². The lowest BCUT2D eigenvalue weighted by Crippen LogP contribution is -2.56. The van der Waals surface area contributed by atoms with Gasteiger partial charge in [-0.3, -0.25) is 9.48 Å². The first-order chi connectivity index (χ1) is 16.5. The highest BCUT2D eigenvalue weighted by Crippen LogP contribution is 2.61. The first-order valence-electron chi connectivity index (χ1n) is 13.2. The number of carbonyl (C=O) groups is 1. The Morgan fingerprint density at radius 3 is 2.41 bits per heavy atom. The number of aromatic nitrogens is 3. The van der Waals surface area contributed by atoms with Crippen molar-refractivity contribution in [2.75, 3.05) is 0 Å². The second-order valence-electron chi connectivity index (χ2n) is 11.3. The molecule has 4 fully saturated rings. The highest BCUT2D eigenvalue weighted by Gasteiger charge is 2.54. The topological polar surface area (TPSA) is 59.8 Å². The Bertz CT molecular complexity index is 1210. The van der Waals surface area contributed by atoms with Crippen molar-refractivity contribution in [3.63, 3.8) is 0 Å². The zero-order valence-electron chi connectivity index (χ0n) is 20.7. The summed E-state index contributed by atoms with van der Waals surface area (Å²) < 4.78 is 1.93. The molecular formula is C29H36N4O. The van der Waals surface area contributed by atoms with Crippen LogP contribution in [0, 0.1) is 30.1 Å². The minimum absolute atomic E-state index is 0.0444. The van der Waals surface area contributed by atoms with E-state index in [0.717, 1.165) is 64.1 Å². The van der Waals surface area contributed by atoms with Gasteiger partial charge in [-0.15, -0.1) is 0 Å². The van der Waals surface area contributed by atoms with E-state index in [0.29, 0.717) is 5.41 Å². The molecule has 0 aliphatic heterocycles. The molecule has 1 N–H and O–H groups in total. The van der Waals surface area contributed by atoms with Crippen LogP contribution in [-0.4, -0.2) is 26.7 Å². The molecule has 0 saturated heterocycles. The Labute approximate surface area is 202 Å². The molecule has 4 aliphatic rings. The van der Waals surface area contributed by atoms with Gasteiger partial charge in [-0.2, -0.15) is 5.10 Å². The molecule has 4 bridgehead atoms. The Morgan fingerprint density at radius 2 is 1.79 bits per heavy atom. The molecule has 7 rings (SSSR count). The number of para-hydroxylation sites is 1. The number of fused-ring (bicyclic) bond motifs is 1. The van der Waals surface area contributed by atoms with E-state index in [9.17, 15) is 4.79 Å².